The number of pyridine rings is 1. The zero-order valence-corrected chi connectivity index (χ0v) is 12.5. The Hall–Kier alpha value is -1.19. The van der Waals surface area contributed by atoms with Crippen LogP contribution in [-0.2, 0) is 17.4 Å². The number of nitrogens with one attached hydrogen (secondary N) is 1. The zero-order chi connectivity index (χ0) is 13.3. The lowest BCUT2D eigenvalue weighted by Crippen LogP contribution is -2.11. The number of thiazole rings is 1. The van der Waals surface area contributed by atoms with Crippen molar-refractivity contribution in [3.05, 3.63) is 35.0 Å². The Labute approximate surface area is 116 Å². The molecule has 100 valence electrons. The topological polar surface area (TPSA) is 54.9 Å². The summed E-state index contributed by atoms with van der Waals surface area (Å²) in [6.45, 7) is 1.73. The molecule has 6 heteroatoms. The molecule has 0 spiro atoms. The molecule has 0 fully saturated rings. The minimum atomic E-state index is -2.68. The number of aryl methyl sites for hydroxylation is 2. The smallest absolute Gasteiger partial charge is 0.224 e. The van der Waals surface area contributed by atoms with Gasteiger partial charge in [-0.2, -0.15) is 0 Å². The third-order valence-corrected chi connectivity index (χ3v) is 6.96. The molecule has 0 radical (unpaired) electrons. The SMILES string of the molecule is CP(=O)(Nc1ccccn1)c1nc2c(s1)CCCC2. The Morgan fingerprint density at radius 2 is 2.16 bits per heavy atom. The zero-order valence-electron chi connectivity index (χ0n) is 10.8. The van der Waals surface area contributed by atoms with Crippen LogP contribution in [0.3, 0.4) is 0 Å². The van der Waals surface area contributed by atoms with Gasteiger partial charge in [0.1, 0.15) is 5.82 Å². The van der Waals surface area contributed by atoms with E-state index in [9.17, 15) is 4.57 Å². The normalized spacial score (nSPS) is 17.5. The summed E-state index contributed by atoms with van der Waals surface area (Å²) in [5.74, 6) is 0.640. The van der Waals surface area contributed by atoms with E-state index in [0.29, 0.717) is 5.82 Å². The lowest BCUT2D eigenvalue weighted by atomic mass is 10.0. The van der Waals surface area contributed by atoms with E-state index in [0.717, 1.165) is 23.3 Å². The molecule has 2 heterocycles. The lowest BCUT2D eigenvalue weighted by molar-refractivity contribution is 0.587. The first kappa shape index (κ1) is 12.8. The first-order valence-corrected chi connectivity index (χ1v) is 9.38. The van der Waals surface area contributed by atoms with Crippen molar-refractivity contribution in [3.8, 4) is 0 Å². The molecule has 2 aromatic heterocycles. The summed E-state index contributed by atoms with van der Waals surface area (Å²) in [4.78, 5) is 10.1. The lowest BCUT2D eigenvalue weighted by Gasteiger charge is -2.12. The molecular weight excluding hydrogens is 277 g/mol. The van der Waals surface area contributed by atoms with Crippen molar-refractivity contribution in [2.45, 2.75) is 25.7 Å². The summed E-state index contributed by atoms with van der Waals surface area (Å²) in [7, 11) is -2.68. The fraction of sp³-hybridized carbons (Fsp3) is 0.385. The second-order valence-corrected chi connectivity index (χ2v) is 8.71. The Balaban J connectivity index is 1.87. The minimum absolute atomic E-state index is 0.640. The third-order valence-electron chi connectivity index (χ3n) is 3.19. The molecule has 3 rings (SSSR count). The summed E-state index contributed by atoms with van der Waals surface area (Å²) >= 11 is 1.60. The maximum atomic E-state index is 12.8. The monoisotopic (exact) mass is 293 g/mol. The second kappa shape index (κ2) is 5.06. The Morgan fingerprint density at radius 1 is 1.32 bits per heavy atom. The average molecular weight is 293 g/mol. The molecule has 2 aromatic rings. The minimum Gasteiger partial charge on any atom is -0.316 e. The van der Waals surface area contributed by atoms with Crippen LogP contribution in [0.15, 0.2) is 24.4 Å². The summed E-state index contributed by atoms with van der Waals surface area (Å²) in [5, 5.41) is 3.04. The Bertz CT molecular complexity index is 603. The van der Waals surface area contributed by atoms with E-state index in [-0.39, 0.29) is 0 Å². The van der Waals surface area contributed by atoms with Gasteiger partial charge in [-0.05, 0) is 37.8 Å². The van der Waals surface area contributed by atoms with E-state index < -0.39 is 7.29 Å². The molecular formula is C13H16N3OPS. The van der Waals surface area contributed by atoms with Gasteiger partial charge in [0.25, 0.3) is 0 Å². The molecule has 1 N–H and O–H groups in total. The van der Waals surface area contributed by atoms with E-state index in [1.807, 2.05) is 18.2 Å². The number of anilines is 1. The van der Waals surface area contributed by atoms with Crippen LogP contribution >= 0.6 is 18.6 Å². The van der Waals surface area contributed by atoms with E-state index in [4.69, 9.17) is 0 Å². The number of aromatic nitrogens is 2. The van der Waals surface area contributed by atoms with Gasteiger partial charge in [0.15, 0.2) is 4.75 Å². The highest BCUT2D eigenvalue weighted by Gasteiger charge is 2.26. The van der Waals surface area contributed by atoms with Gasteiger partial charge in [0.2, 0.25) is 7.29 Å². The molecule has 4 nitrogen and oxygen atoms in total. The fourth-order valence-corrected chi connectivity index (χ4v) is 5.25. The number of nitrogens with zero attached hydrogens (tertiary/aromatic N) is 2. The van der Waals surface area contributed by atoms with Crippen LogP contribution in [0.1, 0.15) is 23.4 Å². The van der Waals surface area contributed by atoms with Gasteiger partial charge in [-0.15, -0.1) is 11.3 Å². The fourth-order valence-electron chi connectivity index (χ4n) is 2.22. The van der Waals surface area contributed by atoms with Gasteiger partial charge >= 0.3 is 0 Å². The average Bonchev–Trinajstić information content (AvgIpc) is 2.84. The predicted molar refractivity (Wildman–Crippen MR) is 79.8 cm³/mol. The molecule has 0 aliphatic heterocycles. The molecule has 0 saturated heterocycles. The van der Waals surface area contributed by atoms with Gasteiger partial charge in [-0.25, -0.2) is 9.97 Å². The molecule has 1 aliphatic carbocycles. The van der Waals surface area contributed by atoms with Crippen LogP contribution < -0.4 is 9.84 Å². The number of hydrogen-bond donors (Lipinski definition) is 1. The van der Waals surface area contributed by atoms with Gasteiger partial charge in [-0.1, -0.05) is 6.07 Å². The van der Waals surface area contributed by atoms with Crippen LogP contribution in [0, 0.1) is 0 Å². The predicted octanol–water partition coefficient (Wildman–Crippen LogP) is 3.06. The van der Waals surface area contributed by atoms with Crippen LogP contribution in [0.4, 0.5) is 5.82 Å². The second-order valence-electron chi connectivity index (χ2n) is 4.82. The van der Waals surface area contributed by atoms with Crippen LogP contribution in [0.2, 0.25) is 0 Å². The summed E-state index contributed by atoms with van der Waals surface area (Å²) < 4.78 is 13.5. The van der Waals surface area contributed by atoms with Crippen molar-refractivity contribution < 1.29 is 4.57 Å². The summed E-state index contributed by atoms with van der Waals surface area (Å²) in [6.07, 6.45) is 6.20. The van der Waals surface area contributed by atoms with Crippen molar-refractivity contribution in [1.82, 2.24) is 9.97 Å². The highest BCUT2D eigenvalue weighted by molar-refractivity contribution is 7.77. The van der Waals surface area contributed by atoms with Crippen molar-refractivity contribution in [3.63, 3.8) is 0 Å². The van der Waals surface area contributed by atoms with Gasteiger partial charge in [0, 0.05) is 17.7 Å². The number of hydrogen-bond acceptors (Lipinski definition) is 4. The Morgan fingerprint density at radius 3 is 2.89 bits per heavy atom. The van der Waals surface area contributed by atoms with E-state index in [1.54, 1.807) is 24.2 Å². The van der Waals surface area contributed by atoms with Crippen LogP contribution in [0.25, 0.3) is 0 Å². The molecule has 19 heavy (non-hydrogen) atoms. The third kappa shape index (κ3) is 2.72. The molecule has 1 atom stereocenters. The standard InChI is InChI=1S/C13H16N3OPS/c1-18(17,16-12-8-4-5-9-14-12)13-15-10-6-2-3-7-11(10)19-13/h4-5,8-9H,2-3,6-7H2,1H3,(H,14,16,17). The van der Waals surface area contributed by atoms with E-state index in [1.165, 1.54) is 17.7 Å². The van der Waals surface area contributed by atoms with Gasteiger partial charge < -0.3 is 5.09 Å². The first-order valence-electron chi connectivity index (χ1n) is 6.41. The molecule has 1 aliphatic rings. The van der Waals surface area contributed by atoms with Gasteiger partial charge in [-0.3, -0.25) is 4.57 Å². The first-order chi connectivity index (χ1) is 9.15. The molecule has 0 bridgehead atoms. The quantitative estimate of drug-likeness (QED) is 0.884. The van der Waals surface area contributed by atoms with Gasteiger partial charge in [0.05, 0.1) is 5.69 Å². The van der Waals surface area contributed by atoms with Crippen LogP contribution in [-0.4, -0.2) is 16.6 Å². The number of rotatable bonds is 3. The van der Waals surface area contributed by atoms with Crippen molar-refractivity contribution in [2.24, 2.45) is 0 Å². The maximum absolute atomic E-state index is 12.8. The maximum Gasteiger partial charge on any atom is 0.224 e. The van der Waals surface area contributed by atoms with Crippen LogP contribution in [0.5, 0.6) is 0 Å². The van der Waals surface area contributed by atoms with E-state index >= 15 is 0 Å². The summed E-state index contributed by atoms with van der Waals surface area (Å²) in [5.41, 5.74) is 1.15. The number of fused-ring (bicyclic) bond motifs is 1. The van der Waals surface area contributed by atoms with Crippen molar-refractivity contribution >= 4 is 29.2 Å². The Kier molecular flexibility index (Phi) is 3.42. The molecule has 0 saturated carbocycles. The van der Waals surface area contributed by atoms with E-state index in [2.05, 4.69) is 15.1 Å². The highest BCUT2D eigenvalue weighted by atomic mass is 32.1. The molecule has 1 unspecified atom stereocenters. The largest absolute Gasteiger partial charge is 0.316 e. The van der Waals surface area contributed by atoms with Crippen molar-refractivity contribution in [1.29, 1.82) is 0 Å². The highest BCUT2D eigenvalue weighted by Crippen LogP contribution is 2.42. The summed E-state index contributed by atoms with van der Waals surface area (Å²) in [6, 6.07) is 5.54. The molecule has 0 aromatic carbocycles. The van der Waals surface area contributed by atoms with Crippen molar-refractivity contribution in [2.75, 3.05) is 11.8 Å². The molecule has 0 amide bonds.